The number of hydrogen-bond donors (Lipinski definition) is 1. The van der Waals surface area contributed by atoms with Gasteiger partial charge in [0.25, 0.3) is 0 Å². The van der Waals surface area contributed by atoms with Crippen molar-refractivity contribution in [1.82, 2.24) is 4.98 Å². The summed E-state index contributed by atoms with van der Waals surface area (Å²) in [5.74, 6) is 0.0971. The molecular formula is C7H6ClF3N2. The summed E-state index contributed by atoms with van der Waals surface area (Å²) < 4.78 is 36.5. The van der Waals surface area contributed by atoms with Crippen LogP contribution in [0.1, 0.15) is 5.56 Å². The van der Waals surface area contributed by atoms with Crippen LogP contribution in [0.2, 0.25) is 5.15 Å². The summed E-state index contributed by atoms with van der Waals surface area (Å²) >= 11 is 5.38. The van der Waals surface area contributed by atoms with E-state index < -0.39 is 11.7 Å². The number of rotatable bonds is 1. The van der Waals surface area contributed by atoms with Gasteiger partial charge in [-0.05, 0) is 12.1 Å². The summed E-state index contributed by atoms with van der Waals surface area (Å²) in [6.07, 6.45) is -4.39. The van der Waals surface area contributed by atoms with E-state index >= 15 is 0 Å². The highest BCUT2D eigenvalue weighted by Crippen LogP contribution is 2.31. The fraction of sp³-hybridized carbons (Fsp3) is 0.286. The second kappa shape index (κ2) is 3.41. The van der Waals surface area contributed by atoms with E-state index in [1.165, 1.54) is 7.05 Å². The van der Waals surface area contributed by atoms with Crippen LogP contribution in [-0.2, 0) is 6.18 Å². The van der Waals surface area contributed by atoms with Gasteiger partial charge in [0.15, 0.2) is 0 Å². The van der Waals surface area contributed by atoms with Gasteiger partial charge < -0.3 is 5.32 Å². The summed E-state index contributed by atoms with van der Waals surface area (Å²) in [4.78, 5) is 3.62. The summed E-state index contributed by atoms with van der Waals surface area (Å²) in [6, 6.07) is 1.67. The first-order valence-corrected chi connectivity index (χ1v) is 3.74. The van der Waals surface area contributed by atoms with Crippen molar-refractivity contribution in [3.05, 3.63) is 22.8 Å². The van der Waals surface area contributed by atoms with Crippen molar-refractivity contribution >= 4 is 17.4 Å². The molecule has 0 saturated carbocycles. The van der Waals surface area contributed by atoms with E-state index in [-0.39, 0.29) is 11.0 Å². The van der Waals surface area contributed by atoms with Gasteiger partial charge in [0.05, 0.1) is 5.56 Å². The van der Waals surface area contributed by atoms with Crippen LogP contribution in [0.5, 0.6) is 0 Å². The van der Waals surface area contributed by atoms with Gasteiger partial charge in [0.2, 0.25) is 0 Å². The SMILES string of the molecule is CNc1cc(C(F)(F)F)cc(Cl)n1. The fourth-order valence-corrected chi connectivity index (χ4v) is 0.997. The predicted octanol–water partition coefficient (Wildman–Crippen LogP) is 2.80. The Labute approximate surface area is 77.7 Å². The average Bonchev–Trinajstić information content (AvgIpc) is 2.01. The molecule has 0 spiro atoms. The molecule has 0 amide bonds. The van der Waals surface area contributed by atoms with E-state index in [4.69, 9.17) is 11.6 Å². The van der Waals surface area contributed by atoms with Gasteiger partial charge in [0, 0.05) is 7.05 Å². The quantitative estimate of drug-likeness (QED) is 0.721. The number of halogens is 4. The lowest BCUT2D eigenvalue weighted by atomic mass is 10.2. The predicted molar refractivity (Wildman–Crippen MR) is 43.8 cm³/mol. The molecule has 1 heterocycles. The summed E-state index contributed by atoms with van der Waals surface area (Å²) in [5.41, 5.74) is -0.808. The van der Waals surface area contributed by atoms with E-state index in [0.29, 0.717) is 0 Å². The summed E-state index contributed by atoms with van der Waals surface area (Å²) in [7, 11) is 1.47. The molecule has 2 nitrogen and oxygen atoms in total. The number of alkyl halides is 3. The molecule has 0 radical (unpaired) electrons. The maximum atomic E-state index is 12.2. The van der Waals surface area contributed by atoms with Crippen molar-refractivity contribution in [3.8, 4) is 0 Å². The molecule has 0 aliphatic rings. The van der Waals surface area contributed by atoms with Gasteiger partial charge in [-0.15, -0.1) is 0 Å². The van der Waals surface area contributed by atoms with Crippen LogP contribution >= 0.6 is 11.6 Å². The molecule has 0 aliphatic heterocycles. The number of nitrogens with one attached hydrogen (secondary N) is 1. The fourth-order valence-electron chi connectivity index (χ4n) is 0.789. The minimum absolute atomic E-state index is 0.0971. The molecule has 0 aliphatic carbocycles. The second-order valence-electron chi connectivity index (χ2n) is 2.31. The van der Waals surface area contributed by atoms with Crippen molar-refractivity contribution in [2.24, 2.45) is 0 Å². The zero-order valence-electron chi connectivity index (χ0n) is 6.61. The maximum absolute atomic E-state index is 12.2. The topological polar surface area (TPSA) is 24.9 Å². The Morgan fingerprint density at radius 2 is 2.00 bits per heavy atom. The minimum Gasteiger partial charge on any atom is -0.373 e. The number of nitrogens with zero attached hydrogens (tertiary/aromatic N) is 1. The van der Waals surface area contributed by atoms with Crippen LogP contribution in [0, 0.1) is 0 Å². The van der Waals surface area contributed by atoms with Crippen molar-refractivity contribution in [2.45, 2.75) is 6.18 Å². The third kappa shape index (κ3) is 2.48. The lowest BCUT2D eigenvalue weighted by Gasteiger charge is -2.08. The van der Waals surface area contributed by atoms with Gasteiger partial charge in [-0.1, -0.05) is 11.6 Å². The Kier molecular flexibility index (Phi) is 2.66. The molecule has 1 rings (SSSR count). The third-order valence-corrected chi connectivity index (χ3v) is 1.57. The van der Waals surface area contributed by atoms with Crippen LogP contribution in [0.3, 0.4) is 0 Å². The van der Waals surface area contributed by atoms with Crippen LogP contribution in [-0.4, -0.2) is 12.0 Å². The van der Waals surface area contributed by atoms with E-state index in [2.05, 4.69) is 10.3 Å². The molecule has 0 bridgehead atoms. The van der Waals surface area contributed by atoms with Crippen molar-refractivity contribution < 1.29 is 13.2 Å². The number of anilines is 1. The highest BCUT2D eigenvalue weighted by atomic mass is 35.5. The Bertz CT molecular complexity index is 311. The molecule has 0 fully saturated rings. The Morgan fingerprint density at radius 1 is 1.38 bits per heavy atom. The molecule has 13 heavy (non-hydrogen) atoms. The normalized spacial score (nSPS) is 11.5. The first kappa shape index (κ1) is 10.1. The zero-order chi connectivity index (χ0) is 10.1. The number of hydrogen-bond acceptors (Lipinski definition) is 2. The van der Waals surface area contributed by atoms with Crippen molar-refractivity contribution in [3.63, 3.8) is 0 Å². The van der Waals surface area contributed by atoms with Crippen molar-refractivity contribution in [1.29, 1.82) is 0 Å². The van der Waals surface area contributed by atoms with E-state index in [9.17, 15) is 13.2 Å². The van der Waals surface area contributed by atoms with Gasteiger partial charge in [0.1, 0.15) is 11.0 Å². The first-order chi connectivity index (χ1) is 5.93. The van der Waals surface area contributed by atoms with E-state index in [1.54, 1.807) is 0 Å². The number of aromatic nitrogens is 1. The number of pyridine rings is 1. The smallest absolute Gasteiger partial charge is 0.373 e. The zero-order valence-corrected chi connectivity index (χ0v) is 7.37. The Morgan fingerprint density at radius 3 is 2.46 bits per heavy atom. The standard InChI is InChI=1S/C7H6ClF3N2/c1-12-6-3-4(7(9,10)11)2-5(8)13-6/h2-3H,1H3,(H,12,13). The molecule has 0 aromatic carbocycles. The minimum atomic E-state index is -4.39. The molecule has 72 valence electrons. The molecule has 1 aromatic heterocycles. The highest BCUT2D eigenvalue weighted by Gasteiger charge is 2.31. The van der Waals surface area contributed by atoms with Crippen LogP contribution in [0.15, 0.2) is 12.1 Å². The lowest BCUT2D eigenvalue weighted by molar-refractivity contribution is -0.137. The van der Waals surface area contributed by atoms with E-state index in [1.807, 2.05) is 0 Å². The molecular weight excluding hydrogens is 205 g/mol. The summed E-state index contributed by atoms with van der Waals surface area (Å²) in [6.45, 7) is 0. The first-order valence-electron chi connectivity index (χ1n) is 3.36. The molecule has 0 atom stereocenters. The molecule has 1 N–H and O–H groups in total. The van der Waals surface area contributed by atoms with Crippen LogP contribution in [0.4, 0.5) is 19.0 Å². The molecule has 0 saturated heterocycles. The van der Waals surface area contributed by atoms with Gasteiger partial charge in [-0.25, -0.2) is 4.98 Å². The second-order valence-corrected chi connectivity index (χ2v) is 2.70. The molecule has 0 unspecified atom stereocenters. The van der Waals surface area contributed by atoms with Crippen LogP contribution < -0.4 is 5.32 Å². The van der Waals surface area contributed by atoms with Crippen molar-refractivity contribution in [2.75, 3.05) is 12.4 Å². The molecule has 1 aromatic rings. The highest BCUT2D eigenvalue weighted by molar-refractivity contribution is 6.29. The van der Waals surface area contributed by atoms with Gasteiger partial charge in [-0.2, -0.15) is 13.2 Å². The lowest BCUT2D eigenvalue weighted by Crippen LogP contribution is -2.06. The Balaban J connectivity index is 3.16. The van der Waals surface area contributed by atoms with Gasteiger partial charge >= 0.3 is 6.18 Å². The van der Waals surface area contributed by atoms with E-state index in [0.717, 1.165) is 12.1 Å². The monoisotopic (exact) mass is 210 g/mol. The Hall–Kier alpha value is -0.970. The molecule has 6 heteroatoms. The maximum Gasteiger partial charge on any atom is 0.416 e. The van der Waals surface area contributed by atoms with Gasteiger partial charge in [-0.3, -0.25) is 0 Å². The van der Waals surface area contributed by atoms with Crippen LogP contribution in [0.25, 0.3) is 0 Å². The largest absolute Gasteiger partial charge is 0.416 e. The third-order valence-electron chi connectivity index (χ3n) is 1.38. The summed E-state index contributed by atoms with van der Waals surface area (Å²) in [5, 5.41) is 2.30. The average molecular weight is 211 g/mol.